The minimum Gasteiger partial charge on any atom is -0.383 e. The van der Waals surface area contributed by atoms with E-state index in [-0.39, 0.29) is 23.0 Å². The van der Waals surface area contributed by atoms with Crippen LogP contribution in [0.2, 0.25) is 0 Å². The zero-order valence-corrected chi connectivity index (χ0v) is 12.4. The predicted molar refractivity (Wildman–Crippen MR) is 76.5 cm³/mol. The third-order valence-corrected chi connectivity index (χ3v) is 2.87. The van der Waals surface area contributed by atoms with Gasteiger partial charge in [0, 0.05) is 19.3 Å². The third-order valence-electron chi connectivity index (χ3n) is 2.87. The highest BCUT2D eigenvalue weighted by atomic mass is 19.4. The van der Waals surface area contributed by atoms with E-state index in [0.29, 0.717) is 25.3 Å². The van der Waals surface area contributed by atoms with Gasteiger partial charge >= 0.3 is 6.18 Å². The van der Waals surface area contributed by atoms with Crippen molar-refractivity contribution in [3.8, 4) is 0 Å². The van der Waals surface area contributed by atoms with Crippen LogP contribution in [0.4, 0.5) is 29.1 Å². The van der Waals surface area contributed by atoms with Crippen molar-refractivity contribution in [3.05, 3.63) is 35.3 Å². The molecule has 0 aliphatic carbocycles. The van der Waals surface area contributed by atoms with Gasteiger partial charge in [0.2, 0.25) is 5.82 Å². The zero-order chi connectivity index (χ0) is 17.7. The van der Waals surface area contributed by atoms with Gasteiger partial charge in [0.25, 0.3) is 0 Å². The molecular weight excluding hydrogens is 334 g/mol. The first kappa shape index (κ1) is 17.7. The number of hydrogen-bond donors (Lipinski definition) is 3. The summed E-state index contributed by atoms with van der Waals surface area (Å²) in [6.07, 6.45) is -4.84. The van der Waals surface area contributed by atoms with Crippen molar-refractivity contribution < 1.29 is 26.9 Å². The Bertz CT molecular complexity index is 717. The average molecular weight is 347 g/mol. The first-order valence-electron chi connectivity index (χ1n) is 6.61. The summed E-state index contributed by atoms with van der Waals surface area (Å²) in [5.74, 6) is -1.64. The van der Waals surface area contributed by atoms with E-state index in [2.05, 4.69) is 25.6 Å². The van der Waals surface area contributed by atoms with E-state index in [4.69, 9.17) is 10.1 Å². The number of nitrogens with zero attached hydrogens (tertiary/aromatic N) is 2. The Kier molecular flexibility index (Phi) is 5.34. The molecule has 2 aromatic rings. The van der Waals surface area contributed by atoms with Crippen LogP contribution in [0.5, 0.6) is 0 Å². The summed E-state index contributed by atoms with van der Waals surface area (Å²) < 4.78 is 60.7. The number of rotatable bonds is 6. The van der Waals surface area contributed by atoms with Gasteiger partial charge in [-0.3, -0.25) is 5.41 Å². The molecular formula is C13H13F4N5O2. The summed E-state index contributed by atoms with van der Waals surface area (Å²) in [5, 5.41) is 20.1. The van der Waals surface area contributed by atoms with Gasteiger partial charge in [-0.1, -0.05) is 0 Å². The molecule has 24 heavy (non-hydrogen) atoms. The fourth-order valence-electron chi connectivity index (χ4n) is 1.76. The number of hydrogen-bond acceptors (Lipinski definition) is 6. The second-order valence-electron chi connectivity index (χ2n) is 4.57. The lowest BCUT2D eigenvalue weighted by atomic mass is 10.1. The van der Waals surface area contributed by atoms with Gasteiger partial charge in [0.05, 0.1) is 12.2 Å². The molecule has 3 N–H and O–H groups in total. The van der Waals surface area contributed by atoms with Gasteiger partial charge in [0.1, 0.15) is 5.82 Å². The minimum absolute atomic E-state index is 0.0380. The third kappa shape index (κ3) is 4.19. The van der Waals surface area contributed by atoms with Gasteiger partial charge in [-0.15, -0.1) is 0 Å². The molecule has 0 atom stereocenters. The van der Waals surface area contributed by atoms with Gasteiger partial charge in [-0.25, -0.2) is 9.02 Å². The molecule has 1 aromatic heterocycles. The molecule has 2 rings (SSSR count). The van der Waals surface area contributed by atoms with Crippen LogP contribution in [0.1, 0.15) is 11.3 Å². The Balaban J connectivity index is 2.15. The number of anilines is 2. The number of amidine groups is 1. The molecule has 1 aromatic carbocycles. The first-order valence-corrected chi connectivity index (χ1v) is 6.61. The number of nitrogens with one attached hydrogen (secondary N) is 3. The second kappa shape index (κ2) is 7.25. The van der Waals surface area contributed by atoms with Crippen LogP contribution in [0.15, 0.2) is 22.8 Å². The van der Waals surface area contributed by atoms with Crippen LogP contribution < -0.4 is 10.6 Å². The van der Waals surface area contributed by atoms with E-state index in [1.54, 1.807) is 0 Å². The fourth-order valence-corrected chi connectivity index (χ4v) is 1.76. The van der Waals surface area contributed by atoms with E-state index in [9.17, 15) is 17.6 Å². The molecule has 0 saturated heterocycles. The molecule has 0 amide bonds. The van der Waals surface area contributed by atoms with Gasteiger partial charge < -0.3 is 15.4 Å². The summed E-state index contributed by atoms with van der Waals surface area (Å²) in [6, 6.07) is 2.30. The van der Waals surface area contributed by atoms with Crippen molar-refractivity contribution in [1.82, 2.24) is 10.3 Å². The topological polar surface area (TPSA) is 96.1 Å². The second-order valence-corrected chi connectivity index (χ2v) is 4.57. The molecule has 0 aliphatic rings. The number of ether oxygens (including phenoxy) is 1. The number of methoxy groups -OCH3 is 1. The highest BCUT2D eigenvalue weighted by molar-refractivity contribution is 6.07. The number of benzene rings is 1. The van der Waals surface area contributed by atoms with E-state index >= 15 is 0 Å². The molecule has 0 bridgehead atoms. The summed E-state index contributed by atoms with van der Waals surface area (Å²) in [5.41, 5.74) is -1.60. The highest BCUT2D eigenvalue weighted by Crippen LogP contribution is 2.33. The number of halogens is 4. The monoisotopic (exact) mass is 347 g/mol. The van der Waals surface area contributed by atoms with Crippen molar-refractivity contribution in [3.63, 3.8) is 0 Å². The zero-order valence-electron chi connectivity index (χ0n) is 12.4. The average Bonchev–Trinajstić information content (AvgIpc) is 2.97. The lowest BCUT2D eigenvalue weighted by Crippen LogP contribution is -2.17. The van der Waals surface area contributed by atoms with Crippen LogP contribution in [0, 0.1) is 11.2 Å². The van der Waals surface area contributed by atoms with Crippen LogP contribution in [0.25, 0.3) is 0 Å². The Morgan fingerprint density at radius 2 is 2.08 bits per heavy atom. The minimum atomic E-state index is -4.84. The van der Waals surface area contributed by atoms with Gasteiger partial charge in [0.15, 0.2) is 11.5 Å². The maximum absolute atomic E-state index is 13.3. The SMILES string of the molecule is COCCNc1nonc1C(=N)Nc1ccc(F)c(C(F)(F)F)c1. The molecule has 0 unspecified atom stereocenters. The first-order chi connectivity index (χ1) is 11.3. The number of aromatic nitrogens is 2. The quantitative estimate of drug-likeness (QED) is 0.322. The van der Waals surface area contributed by atoms with E-state index < -0.39 is 17.6 Å². The molecule has 7 nitrogen and oxygen atoms in total. The van der Waals surface area contributed by atoms with Gasteiger partial charge in [-0.05, 0) is 28.5 Å². The Hall–Kier alpha value is -2.69. The maximum Gasteiger partial charge on any atom is 0.419 e. The van der Waals surface area contributed by atoms with Crippen LogP contribution >= 0.6 is 0 Å². The predicted octanol–water partition coefficient (Wildman–Crippen LogP) is 2.72. The normalized spacial score (nSPS) is 11.4. The van der Waals surface area contributed by atoms with Crippen molar-refractivity contribution >= 4 is 17.3 Å². The van der Waals surface area contributed by atoms with E-state index in [1.165, 1.54) is 7.11 Å². The summed E-state index contributed by atoms with van der Waals surface area (Å²) in [6.45, 7) is 0.722. The Labute approximate surface area is 133 Å². The van der Waals surface area contributed by atoms with Crippen LogP contribution in [0.3, 0.4) is 0 Å². The van der Waals surface area contributed by atoms with Crippen LogP contribution in [-0.2, 0) is 10.9 Å². The fraction of sp³-hybridized carbons (Fsp3) is 0.308. The van der Waals surface area contributed by atoms with Gasteiger partial charge in [-0.2, -0.15) is 13.2 Å². The molecule has 0 aliphatic heterocycles. The molecule has 130 valence electrons. The lowest BCUT2D eigenvalue weighted by molar-refractivity contribution is -0.139. The van der Waals surface area contributed by atoms with E-state index in [1.807, 2.05) is 0 Å². The lowest BCUT2D eigenvalue weighted by Gasteiger charge is -2.11. The molecule has 0 saturated carbocycles. The van der Waals surface area contributed by atoms with Crippen LogP contribution in [-0.4, -0.2) is 36.4 Å². The summed E-state index contributed by atoms with van der Waals surface area (Å²) >= 11 is 0. The molecule has 0 spiro atoms. The smallest absolute Gasteiger partial charge is 0.383 e. The van der Waals surface area contributed by atoms with E-state index in [0.717, 1.165) is 6.07 Å². The van der Waals surface area contributed by atoms with Crippen molar-refractivity contribution in [1.29, 1.82) is 5.41 Å². The largest absolute Gasteiger partial charge is 0.419 e. The molecule has 11 heteroatoms. The summed E-state index contributed by atoms with van der Waals surface area (Å²) in [4.78, 5) is 0. The highest BCUT2D eigenvalue weighted by Gasteiger charge is 2.34. The van der Waals surface area contributed by atoms with Crippen molar-refractivity contribution in [2.75, 3.05) is 30.9 Å². The Morgan fingerprint density at radius 3 is 2.75 bits per heavy atom. The molecule has 0 fully saturated rings. The standard InChI is InChI=1S/C13H13F4N5O2/c1-23-5-4-19-12-10(21-24-22-12)11(18)20-7-2-3-9(14)8(6-7)13(15,16)17/h2-3,6H,4-5H2,1H3,(H2,18,20)(H,19,22). The maximum atomic E-state index is 13.3. The Morgan fingerprint density at radius 1 is 1.33 bits per heavy atom. The molecule has 0 radical (unpaired) electrons. The number of alkyl halides is 3. The van der Waals surface area contributed by atoms with Crippen molar-refractivity contribution in [2.24, 2.45) is 0 Å². The van der Waals surface area contributed by atoms with Crippen molar-refractivity contribution in [2.45, 2.75) is 6.18 Å². The molecule has 1 heterocycles. The summed E-state index contributed by atoms with van der Waals surface area (Å²) in [7, 11) is 1.50.